The maximum Gasteiger partial charge on any atom is 0.171 e. The second-order valence-electron chi connectivity index (χ2n) is 12.8. The number of hydrogen-bond donors (Lipinski definition) is 0. The molecule has 6 heteroatoms. The molecule has 4 nitrogen and oxygen atoms in total. The Morgan fingerprint density at radius 1 is 0.500 bits per heavy atom. The molecule has 0 amide bonds. The molecule has 9 rings (SSSR count). The molecule has 48 heavy (non-hydrogen) atoms. The summed E-state index contributed by atoms with van der Waals surface area (Å²) in [6.45, 7) is 4.51. The van der Waals surface area contributed by atoms with Crippen LogP contribution in [0.1, 0.15) is 25.0 Å². The molecule has 1 aliphatic heterocycles. The lowest BCUT2D eigenvalue weighted by Crippen LogP contribution is -2.42. The van der Waals surface area contributed by atoms with Crippen LogP contribution >= 0.6 is 18.5 Å². The van der Waals surface area contributed by atoms with Crippen molar-refractivity contribution in [3.05, 3.63) is 157 Å². The van der Waals surface area contributed by atoms with Gasteiger partial charge in [-0.2, -0.15) is 0 Å². The van der Waals surface area contributed by atoms with E-state index in [4.69, 9.17) is 15.0 Å². The Morgan fingerprint density at radius 3 is 1.69 bits per heavy atom. The van der Waals surface area contributed by atoms with Crippen LogP contribution in [0.3, 0.4) is 0 Å². The second-order valence-corrected chi connectivity index (χ2v) is 16.6. The van der Waals surface area contributed by atoms with Gasteiger partial charge in [-0.05, 0) is 41.5 Å². The molecule has 6 aromatic carbocycles. The molecule has 8 aromatic rings. The molecule has 0 N–H and O–H groups in total. The monoisotopic (exact) mass is 655 g/mol. The lowest BCUT2D eigenvalue weighted by Gasteiger charge is -2.39. The predicted octanol–water partition coefficient (Wildman–Crippen LogP) is 9.52. The van der Waals surface area contributed by atoms with Crippen molar-refractivity contribution in [2.45, 2.75) is 19.3 Å². The molecular formula is C42H30N3OPS. The van der Waals surface area contributed by atoms with E-state index in [-0.39, 0.29) is 5.41 Å². The topological polar surface area (TPSA) is 55.7 Å². The van der Waals surface area contributed by atoms with E-state index >= 15 is 4.57 Å². The third-order valence-electron chi connectivity index (χ3n) is 9.59. The van der Waals surface area contributed by atoms with Crippen molar-refractivity contribution in [2.24, 2.45) is 0 Å². The number of fused-ring (bicyclic) bond motifs is 5. The maximum atomic E-state index is 15.7. The van der Waals surface area contributed by atoms with E-state index in [2.05, 4.69) is 62.4 Å². The first-order valence-electron chi connectivity index (χ1n) is 16.1. The zero-order valence-corrected chi connectivity index (χ0v) is 28.2. The fourth-order valence-corrected chi connectivity index (χ4v) is 11.6. The van der Waals surface area contributed by atoms with E-state index in [1.54, 1.807) is 11.3 Å². The summed E-state index contributed by atoms with van der Waals surface area (Å²) in [7, 11) is -3.16. The molecule has 0 aliphatic carbocycles. The van der Waals surface area contributed by atoms with Crippen LogP contribution in [0.2, 0.25) is 0 Å². The van der Waals surface area contributed by atoms with Gasteiger partial charge >= 0.3 is 0 Å². The number of hydrogen-bond acceptors (Lipinski definition) is 5. The molecular weight excluding hydrogens is 626 g/mol. The largest absolute Gasteiger partial charge is 0.309 e. The molecule has 0 bridgehead atoms. The standard InChI is InChI=1S/C42H30N3OPS/c1-42(2)33-20-12-13-21-35(33)47(46,30-18-10-5-11-19-30)36-25-32-31-24-29(22-23-37(31)48-38(32)26-34(36)42)41-44-39(27-14-6-3-7-15-27)43-40(45-41)28-16-8-4-9-17-28/h3-26H,1-2H3. The summed E-state index contributed by atoms with van der Waals surface area (Å²) >= 11 is 1.77. The summed E-state index contributed by atoms with van der Waals surface area (Å²) in [5.41, 5.74) is 4.74. The molecule has 1 atom stereocenters. The Balaban J connectivity index is 1.28. The fourth-order valence-electron chi connectivity index (χ4n) is 7.12. The average Bonchev–Trinajstić information content (AvgIpc) is 3.51. The molecule has 3 heterocycles. The van der Waals surface area contributed by atoms with Gasteiger partial charge in [0, 0.05) is 58.2 Å². The quantitative estimate of drug-likeness (QED) is 0.177. The predicted molar refractivity (Wildman–Crippen MR) is 201 cm³/mol. The normalized spacial score (nSPS) is 16.5. The van der Waals surface area contributed by atoms with Crippen molar-refractivity contribution >= 4 is 54.6 Å². The summed E-state index contributed by atoms with van der Waals surface area (Å²) in [6, 6.07) is 49.4. The summed E-state index contributed by atoms with van der Waals surface area (Å²) < 4.78 is 18.0. The van der Waals surface area contributed by atoms with E-state index in [0.717, 1.165) is 54.5 Å². The Morgan fingerprint density at radius 2 is 1.04 bits per heavy atom. The highest BCUT2D eigenvalue weighted by molar-refractivity contribution is 7.85. The van der Waals surface area contributed by atoms with Crippen molar-refractivity contribution < 1.29 is 4.57 Å². The summed E-state index contributed by atoms with van der Waals surface area (Å²) in [5, 5.41) is 4.92. The Hall–Kier alpha value is -5.22. The highest BCUT2D eigenvalue weighted by atomic mass is 32.1. The Bertz CT molecular complexity index is 2500. The number of benzene rings is 6. The van der Waals surface area contributed by atoms with Crippen LogP contribution in [0.25, 0.3) is 54.3 Å². The molecule has 2 aromatic heterocycles. The van der Waals surface area contributed by atoms with Gasteiger partial charge in [0.2, 0.25) is 0 Å². The first kappa shape index (κ1) is 29.0. The van der Waals surface area contributed by atoms with Crippen LogP contribution in [-0.4, -0.2) is 15.0 Å². The van der Waals surface area contributed by atoms with Gasteiger partial charge in [-0.25, -0.2) is 15.0 Å². The van der Waals surface area contributed by atoms with Crippen LogP contribution in [0, 0.1) is 0 Å². The van der Waals surface area contributed by atoms with Crippen LogP contribution in [0.4, 0.5) is 0 Å². The van der Waals surface area contributed by atoms with Crippen molar-refractivity contribution in [1.29, 1.82) is 0 Å². The minimum Gasteiger partial charge on any atom is -0.309 e. The zero-order valence-electron chi connectivity index (χ0n) is 26.5. The minimum absolute atomic E-state index is 0.309. The number of aromatic nitrogens is 3. The molecule has 1 unspecified atom stereocenters. The number of nitrogens with zero attached hydrogens (tertiary/aromatic N) is 3. The van der Waals surface area contributed by atoms with Gasteiger partial charge in [0.25, 0.3) is 0 Å². The highest BCUT2D eigenvalue weighted by Crippen LogP contribution is 2.54. The smallest absolute Gasteiger partial charge is 0.171 e. The van der Waals surface area contributed by atoms with Gasteiger partial charge in [0.05, 0.1) is 0 Å². The van der Waals surface area contributed by atoms with Gasteiger partial charge < -0.3 is 4.57 Å². The SMILES string of the molecule is CC1(C)c2ccccc2P(=O)(c2ccccc2)c2cc3c(cc21)sc1ccc(-c2nc(-c4ccccc4)nc(-c4ccccc4)n2)cc13. The van der Waals surface area contributed by atoms with E-state index in [1.165, 1.54) is 9.40 Å². The third-order valence-corrected chi connectivity index (χ3v) is 13.9. The van der Waals surface area contributed by atoms with Gasteiger partial charge in [-0.15, -0.1) is 11.3 Å². The van der Waals surface area contributed by atoms with Gasteiger partial charge in [-0.1, -0.05) is 129 Å². The summed E-state index contributed by atoms with van der Waals surface area (Å²) in [5.74, 6) is 1.88. The first-order valence-corrected chi connectivity index (χ1v) is 18.6. The summed E-state index contributed by atoms with van der Waals surface area (Å²) in [4.78, 5) is 14.8. The molecule has 0 fully saturated rings. The molecule has 1 aliphatic rings. The van der Waals surface area contributed by atoms with E-state index in [0.29, 0.717) is 17.5 Å². The van der Waals surface area contributed by atoms with Crippen LogP contribution < -0.4 is 15.9 Å². The van der Waals surface area contributed by atoms with Crippen LogP contribution in [0.15, 0.2) is 146 Å². The lowest BCUT2D eigenvalue weighted by molar-refractivity contribution is 0.586. The summed E-state index contributed by atoms with van der Waals surface area (Å²) in [6.07, 6.45) is 0. The third kappa shape index (κ3) is 4.42. The first-order chi connectivity index (χ1) is 23.4. The van der Waals surface area contributed by atoms with Crippen LogP contribution in [0.5, 0.6) is 0 Å². The average molecular weight is 656 g/mol. The Labute approximate surface area is 283 Å². The van der Waals surface area contributed by atoms with E-state index < -0.39 is 7.14 Å². The van der Waals surface area contributed by atoms with Gasteiger partial charge in [-0.3, -0.25) is 0 Å². The van der Waals surface area contributed by atoms with Crippen molar-refractivity contribution in [3.8, 4) is 34.2 Å². The molecule has 230 valence electrons. The van der Waals surface area contributed by atoms with E-state index in [9.17, 15) is 0 Å². The van der Waals surface area contributed by atoms with Crippen molar-refractivity contribution in [1.82, 2.24) is 15.0 Å². The highest BCUT2D eigenvalue weighted by Gasteiger charge is 2.45. The lowest BCUT2D eigenvalue weighted by atomic mass is 9.77. The van der Waals surface area contributed by atoms with Gasteiger partial charge in [0.15, 0.2) is 24.6 Å². The molecule has 0 radical (unpaired) electrons. The van der Waals surface area contributed by atoms with Crippen molar-refractivity contribution in [3.63, 3.8) is 0 Å². The van der Waals surface area contributed by atoms with Crippen molar-refractivity contribution in [2.75, 3.05) is 0 Å². The van der Waals surface area contributed by atoms with Gasteiger partial charge in [0.1, 0.15) is 0 Å². The molecule has 0 spiro atoms. The number of thiophene rings is 1. The minimum atomic E-state index is -3.16. The number of rotatable bonds is 4. The maximum absolute atomic E-state index is 15.7. The molecule has 0 saturated carbocycles. The fraction of sp³-hybridized carbons (Fsp3) is 0.0714. The van der Waals surface area contributed by atoms with E-state index in [1.807, 2.05) is 97.1 Å². The second kappa shape index (κ2) is 10.9. The van der Waals surface area contributed by atoms with Crippen LogP contribution in [-0.2, 0) is 9.98 Å². The molecule has 0 saturated heterocycles. The zero-order chi connectivity index (χ0) is 32.5. The Kier molecular flexibility index (Phi) is 6.59.